The Kier molecular flexibility index (Phi) is 6.10. The Balaban J connectivity index is 2.63. The van der Waals surface area contributed by atoms with Gasteiger partial charge in [-0.25, -0.2) is 4.79 Å². The molecule has 2 aliphatic rings. The van der Waals surface area contributed by atoms with Gasteiger partial charge in [0.1, 0.15) is 0 Å². The third kappa shape index (κ3) is 3.77. The van der Waals surface area contributed by atoms with Gasteiger partial charge in [-0.2, -0.15) is 0 Å². The Morgan fingerprint density at radius 2 is 1.56 bits per heavy atom. The fourth-order valence-corrected chi connectivity index (χ4v) is 3.88. The SMILES string of the molecule is COC(=O)[C@@H]1O[C@@H](OC(C)=O)[C@@H](OC(C)=O)[C@]2(O)CCCC[C@@]12OC(C)=O. The van der Waals surface area contributed by atoms with Gasteiger partial charge in [0.2, 0.25) is 12.4 Å². The fourth-order valence-electron chi connectivity index (χ4n) is 3.88. The highest BCUT2D eigenvalue weighted by Crippen LogP contribution is 2.51. The molecule has 0 amide bonds. The molecule has 152 valence electrons. The van der Waals surface area contributed by atoms with Gasteiger partial charge in [0, 0.05) is 20.8 Å². The molecule has 1 saturated carbocycles. The maximum atomic E-state index is 12.4. The summed E-state index contributed by atoms with van der Waals surface area (Å²) in [5, 5.41) is 11.6. The lowest BCUT2D eigenvalue weighted by Crippen LogP contribution is -2.78. The molecule has 10 nitrogen and oxygen atoms in total. The topological polar surface area (TPSA) is 135 Å². The van der Waals surface area contributed by atoms with Gasteiger partial charge in [0.05, 0.1) is 7.11 Å². The molecule has 1 saturated heterocycles. The van der Waals surface area contributed by atoms with E-state index in [0.29, 0.717) is 12.8 Å². The first-order chi connectivity index (χ1) is 12.6. The molecule has 5 atom stereocenters. The van der Waals surface area contributed by atoms with E-state index in [9.17, 15) is 24.3 Å². The number of esters is 4. The molecular formula is C17H24O10. The predicted octanol–water partition coefficient (Wildman–Crippen LogP) is -0.0139. The van der Waals surface area contributed by atoms with Gasteiger partial charge in [0.15, 0.2) is 17.3 Å². The van der Waals surface area contributed by atoms with Crippen molar-refractivity contribution in [2.24, 2.45) is 0 Å². The van der Waals surface area contributed by atoms with Crippen LogP contribution in [-0.2, 0) is 42.9 Å². The molecule has 0 aromatic carbocycles. The molecule has 0 unspecified atom stereocenters. The Labute approximate surface area is 156 Å². The summed E-state index contributed by atoms with van der Waals surface area (Å²) in [6, 6.07) is 0. The van der Waals surface area contributed by atoms with Crippen molar-refractivity contribution < 1.29 is 48.0 Å². The summed E-state index contributed by atoms with van der Waals surface area (Å²) in [4.78, 5) is 47.3. The number of carbonyl (C=O) groups excluding carboxylic acids is 4. The van der Waals surface area contributed by atoms with Crippen LogP contribution in [0.5, 0.6) is 0 Å². The first kappa shape index (κ1) is 21.1. The van der Waals surface area contributed by atoms with Gasteiger partial charge in [-0.1, -0.05) is 6.42 Å². The molecule has 2 fully saturated rings. The van der Waals surface area contributed by atoms with Crippen LogP contribution in [0.3, 0.4) is 0 Å². The molecule has 0 aromatic heterocycles. The monoisotopic (exact) mass is 388 g/mol. The minimum atomic E-state index is -2.03. The summed E-state index contributed by atoms with van der Waals surface area (Å²) in [5.41, 5.74) is -3.89. The molecule has 1 aliphatic heterocycles. The third-order valence-electron chi connectivity index (χ3n) is 4.82. The Morgan fingerprint density at radius 3 is 2.07 bits per heavy atom. The van der Waals surface area contributed by atoms with Gasteiger partial charge in [-0.05, 0) is 19.3 Å². The number of hydrogen-bond donors (Lipinski definition) is 1. The maximum absolute atomic E-state index is 12.4. The van der Waals surface area contributed by atoms with Crippen LogP contribution >= 0.6 is 0 Å². The minimum absolute atomic E-state index is 0.0207. The lowest BCUT2D eigenvalue weighted by atomic mass is 9.64. The molecule has 1 aliphatic carbocycles. The van der Waals surface area contributed by atoms with Crippen LogP contribution in [-0.4, -0.2) is 65.8 Å². The molecule has 0 spiro atoms. The van der Waals surface area contributed by atoms with E-state index in [1.54, 1.807) is 0 Å². The van der Waals surface area contributed by atoms with E-state index in [1.165, 1.54) is 0 Å². The Bertz CT molecular complexity index is 631. The second-order valence-corrected chi connectivity index (χ2v) is 6.66. The third-order valence-corrected chi connectivity index (χ3v) is 4.82. The van der Waals surface area contributed by atoms with Gasteiger partial charge in [0.25, 0.3) is 0 Å². The zero-order valence-electron chi connectivity index (χ0n) is 15.7. The summed E-state index contributed by atoms with van der Waals surface area (Å²) in [6.07, 6.45) is -3.56. The summed E-state index contributed by atoms with van der Waals surface area (Å²) in [7, 11) is 1.11. The summed E-state index contributed by atoms with van der Waals surface area (Å²) in [6.45, 7) is 3.33. The Hall–Kier alpha value is -2.20. The molecule has 0 aromatic rings. The Morgan fingerprint density at radius 1 is 0.963 bits per heavy atom. The molecule has 1 N–H and O–H groups in total. The highest BCUT2D eigenvalue weighted by molar-refractivity contribution is 5.78. The van der Waals surface area contributed by atoms with Crippen molar-refractivity contribution in [2.45, 2.75) is 76.2 Å². The molecule has 2 rings (SSSR count). The molecule has 1 heterocycles. The number of fused-ring (bicyclic) bond motifs is 1. The second-order valence-electron chi connectivity index (χ2n) is 6.66. The van der Waals surface area contributed by atoms with Crippen molar-refractivity contribution in [2.75, 3.05) is 7.11 Å². The van der Waals surface area contributed by atoms with Gasteiger partial charge >= 0.3 is 23.9 Å². The minimum Gasteiger partial charge on any atom is -0.467 e. The average Bonchev–Trinajstić information content (AvgIpc) is 2.56. The largest absolute Gasteiger partial charge is 0.467 e. The highest BCUT2D eigenvalue weighted by atomic mass is 16.7. The summed E-state index contributed by atoms with van der Waals surface area (Å²) < 4.78 is 26.0. The van der Waals surface area contributed by atoms with Crippen LogP contribution in [0.1, 0.15) is 46.5 Å². The highest BCUT2D eigenvalue weighted by Gasteiger charge is 2.72. The van der Waals surface area contributed by atoms with E-state index in [2.05, 4.69) is 0 Å². The standard InChI is InChI=1S/C17H24O10/c1-9(18)24-13-15(25-10(2)19)26-12(14(21)23-4)17(27-11(3)20)8-6-5-7-16(13,17)22/h12-13,15,22H,5-8H2,1-4H3/t12-,13+,15+,16+,17+/m0/s1. The van der Waals surface area contributed by atoms with Crippen LogP contribution < -0.4 is 0 Å². The predicted molar refractivity (Wildman–Crippen MR) is 85.9 cm³/mol. The van der Waals surface area contributed by atoms with Gasteiger partial charge < -0.3 is 28.8 Å². The van der Waals surface area contributed by atoms with Crippen molar-refractivity contribution in [3.8, 4) is 0 Å². The quantitative estimate of drug-likeness (QED) is 0.517. The fraction of sp³-hybridized carbons (Fsp3) is 0.765. The smallest absolute Gasteiger partial charge is 0.339 e. The lowest BCUT2D eigenvalue weighted by molar-refractivity contribution is -0.360. The molecular weight excluding hydrogens is 364 g/mol. The van der Waals surface area contributed by atoms with Crippen molar-refractivity contribution in [1.29, 1.82) is 0 Å². The maximum Gasteiger partial charge on any atom is 0.339 e. The van der Waals surface area contributed by atoms with E-state index in [4.69, 9.17) is 23.7 Å². The van der Waals surface area contributed by atoms with E-state index in [-0.39, 0.29) is 12.8 Å². The molecule has 27 heavy (non-hydrogen) atoms. The lowest BCUT2D eigenvalue weighted by Gasteiger charge is -2.58. The van der Waals surface area contributed by atoms with E-state index >= 15 is 0 Å². The number of rotatable bonds is 4. The van der Waals surface area contributed by atoms with Gasteiger partial charge in [-0.3, -0.25) is 14.4 Å². The number of carbonyl (C=O) groups is 4. The molecule has 10 heteroatoms. The second kappa shape index (κ2) is 7.81. The van der Waals surface area contributed by atoms with Gasteiger partial charge in [-0.15, -0.1) is 0 Å². The van der Waals surface area contributed by atoms with E-state index in [1.807, 2.05) is 0 Å². The van der Waals surface area contributed by atoms with E-state index < -0.39 is 53.6 Å². The van der Waals surface area contributed by atoms with E-state index in [0.717, 1.165) is 27.9 Å². The van der Waals surface area contributed by atoms with Crippen molar-refractivity contribution in [1.82, 2.24) is 0 Å². The van der Waals surface area contributed by atoms with Crippen molar-refractivity contribution >= 4 is 23.9 Å². The zero-order chi connectivity index (χ0) is 20.4. The molecule has 0 radical (unpaired) electrons. The van der Waals surface area contributed by atoms with Crippen molar-refractivity contribution in [3.63, 3.8) is 0 Å². The van der Waals surface area contributed by atoms with Crippen LogP contribution in [0.4, 0.5) is 0 Å². The van der Waals surface area contributed by atoms with Crippen LogP contribution in [0.15, 0.2) is 0 Å². The van der Waals surface area contributed by atoms with Crippen molar-refractivity contribution in [3.05, 3.63) is 0 Å². The average molecular weight is 388 g/mol. The molecule has 0 bridgehead atoms. The number of aliphatic hydroxyl groups is 1. The van der Waals surface area contributed by atoms with Crippen LogP contribution in [0.25, 0.3) is 0 Å². The first-order valence-electron chi connectivity index (χ1n) is 8.57. The summed E-state index contributed by atoms with van der Waals surface area (Å²) >= 11 is 0. The normalized spacial score (nSPS) is 35.4. The first-order valence-corrected chi connectivity index (χ1v) is 8.57. The van der Waals surface area contributed by atoms with Crippen LogP contribution in [0, 0.1) is 0 Å². The van der Waals surface area contributed by atoms with Crippen LogP contribution in [0.2, 0.25) is 0 Å². The number of methoxy groups -OCH3 is 1. The zero-order valence-corrected chi connectivity index (χ0v) is 15.7. The summed E-state index contributed by atoms with van der Waals surface area (Å²) in [5.74, 6) is -3.23. The number of ether oxygens (including phenoxy) is 5. The number of hydrogen-bond acceptors (Lipinski definition) is 10.